The average Bonchev–Trinajstić information content (AvgIpc) is 1.84. The summed E-state index contributed by atoms with van der Waals surface area (Å²) in [5, 5.41) is 11.7. The molecule has 0 radical (unpaired) electrons. The molecule has 2 N–H and O–H groups in total. The molecule has 0 atom stereocenters. The third-order valence-electron chi connectivity index (χ3n) is 1.67. The zero-order valence-electron chi connectivity index (χ0n) is 6.18. The first-order chi connectivity index (χ1) is 4.93. The highest BCUT2D eigenvalue weighted by Gasteiger charge is 2.15. The molecule has 1 saturated heterocycles. The SMILES string of the molecule is OCCCSCC1CNC1. The molecule has 0 aliphatic carbocycles. The molecule has 0 aromatic carbocycles. The third kappa shape index (κ3) is 2.90. The molecule has 0 aromatic heterocycles. The van der Waals surface area contributed by atoms with Crippen molar-refractivity contribution in [3.63, 3.8) is 0 Å². The fourth-order valence-corrected chi connectivity index (χ4v) is 1.95. The van der Waals surface area contributed by atoms with Gasteiger partial charge in [-0.2, -0.15) is 11.8 Å². The second-order valence-electron chi connectivity index (χ2n) is 2.68. The molecule has 0 saturated carbocycles. The van der Waals surface area contributed by atoms with E-state index in [0.717, 1.165) is 18.1 Å². The Morgan fingerprint density at radius 2 is 2.30 bits per heavy atom. The number of rotatable bonds is 5. The summed E-state index contributed by atoms with van der Waals surface area (Å²) >= 11 is 1.96. The van der Waals surface area contributed by atoms with Crippen molar-refractivity contribution in [2.75, 3.05) is 31.2 Å². The van der Waals surface area contributed by atoms with Crippen molar-refractivity contribution in [1.82, 2.24) is 5.32 Å². The molecule has 1 aliphatic rings. The van der Waals surface area contributed by atoms with E-state index in [1.54, 1.807) is 0 Å². The van der Waals surface area contributed by atoms with E-state index in [-0.39, 0.29) is 0 Å². The fourth-order valence-electron chi connectivity index (χ4n) is 0.883. The Labute approximate surface area is 66.4 Å². The largest absolute Gasteiger partial charge is 0.396 e. The van der Waals surface area contributed by atoms with Gasteiger partial charge in [0.2, 0.25) is 0 Å². The van der Waals surface area contributed by atoms with Crippen molar-refractivity contribution >= 4 is 11.8 Å². The van der Waals surface area contributed by atoms with Gasteiger partial charge in [0.15, 0.2) is 0 Å². The monoisotopic (exact) mass is 161 g/mol. The van der Waals surface area contributed by atoms with E-state index in [2.05, 4.69) is 5.32 Å². The van der Waals surface area contributed by atoms with E-state index < -0.39 is 0 Å². The van der Waals surface area contributed by atoms with E-state index in [1.807, 2.05) is 11.8 Å². The molecule has 1 aliphatic heterocycles. The van der Waals surface area contributed by atoms with Gasteiger partial charge in [-0.25, -0.2) is 0 Å². The van der Waals surface area contributed by atoms with E-state index in [9.17, 15) is 0 Å². The van der Waals surface area contributed by atoms with E-state index in [1.165, 1.54) is 18.8 Å². The maximum Gasteiger partial charge on any atom is 0.0438 e. The van der Waals surface area contributed by atoms with Crippen LogP contribution >= 0.6 is 11.8 Å². The van der Waals surface area contributed by atoms with Gasteiger partial charge in [0, 0.05) is 6.61 Å². The van der Waals surface area contributed by atoms with Gasteiger partial charge in [-0.15, -0.1) is 0 Å². The average molecular weight is 161 g/mol. The summed E-state index contributed by atoms with van der Waals surface area (Å²) in [4.78, 5) is 0. The molecule has 0 aromatic rings. The lowest BCUT2D eigenvalue weighted by atomic mass is 10.1. The van der Waals surface area contributed by atoms with Gasteiger partial charge >= 0.3 is 0 Å². The van der Waals surface area contributed by atoms with Crippen molar-refractivity contribution in [2.45, 2.75) is 6.42 Å². The number of aliphatic hydroxyl groups is 1. The first-order valence-electron chi connectivity index (χ1n) is 3.83. The summed E-state index contributed by atoms with van der Waals surface area (Å²) < 4.78 is 0. The molecule has 1 fully saturated rings. The third-order valence-corrected chi connectivity index (χ3v) is 2.95. The highest BCUT2D eigenvalue weighted by Crippen LogP contribution is 2.12. The van der Waals surface area contributed by atoms with Crippen LogP contribution in [-0.2, 0) is 0 Å². The molecule has 0 unspecified atom stereocenters. The second-order valence-corrected chi connectivity index (χ2v) is 3.83. The molecule has 0 spiro atoms. The van der Waals surface area contributed by atoms with Crippen molar-refractivity contribution in [3.8, 4) is 0 Å². The normalized spacial score (nSPS) is 18.9. The van der Waals surface area contributed by atoms with Crippen molar-refractivity contribution < 1.29 is 5.11 Å². The van der Waals surface area contributed by atoms with Crippen molar-refractivity contribution in [1.29, 1.82) is 0 Å². The molecule has 10 heavy (non-hydrogen) atoms. The Kier molecular flexibility index (Phi) is 4.18. The first kappa shape index (κ1) is 8.37. The molecule has 0 amide bonds. The van der Waals surface area contributed by atoms with Crippen LogP contribution in [0.4, 0.5) is 0 Å². The first-order valence-corrected chi connectivity index (χ1v) is 4.98. The molecule has 2 nitrogen and oxygen atoms in total. The predicted molar refractivity (Wildman–Crippen MR) is 45.4 cm³/mol. The highest BCUT2D eigenvalue weighted by molar-refractivity contribution is 7.99. The maximum atomic E-state index is 8.48. The lowest BCUT2D eigenvalue weighted by Crippen LogP contribution is -2.43. The summed E-state index contributed by atoms with van der Waals surface area (Å²) in [6.45, 7) is 2.74. The van der Waals surface area contributed by atoms with E-state index in [0.29, 0.717) is 6.61 Å². The lowest BCUT2D eigenvalue weighted by molar-refractivity contribution is 0.296. The van der Waals surface area contributed by atoms with Crippen LogP contribution in [0, 0.1) is 5.92 Å². The number of nitrogens with one attached hydrogen (secondary N) is 1. The van der Waals surface area contributed by atoms with Gasteiger partial charge in [-0.3, -0.25) is 0 Å². The number of hydrogen-bond acceptors (Lipinski definition) is 3. The second kappa shape index (κ2) is 4.99. The van der Waals surface area contributed by atoms with Crippen LogP contribution in [0.25, 0.3) is 0 Å². The van der Waals surface area contributed by atoms with Gasteiger partial charge in [0.25, 0.3) is 0 Å². The Bertz CT molecular complexity index is 85.7. The lowest BCUT2D eigenvalue weighted by Gasteiger charge is -2.26. The number of thioether (sulfide) groups is 1. The molecule has 1 heterocycles. The highest BCUT2D eigenvalue weighted by atomic mass is 32.2. The molecule has 3 heteroatoms. The maximum absolute atomic E-state index is 8.48. The number of aliphatic hydroxyl groups excluding tert-OH is 1. The molecular weight excluding hydrogens is 146 g/mol. The minimum atomic E-state index is 0.343. The molecular formula is C7H15NOS. The Morgan fingerprint density at radius 3 is 2.80 bits per heavy atom. The minimum Gasteiger partial charge on any atom is -0.396 e. The van der Waals surface area contributed by atoms with Gasteiger partial charge in [0.1, 0.15) is 0 Å². The topological polar surface area (TPSA) is 32.3 Å². The summed E-state index contributed by atoms with van der Waals surface area (Å²) in [7, 11) is 0. The predicted octanol–water partition coefficient (Wildman–Crippen LogP) is 0.321. The van der Waals surface area contributed by atoms with Crippen LogP contribution in [0.15, 0.2) is 0 Å². The Morgan fingerprint density at radius 1 is 1.50 bits per heavy atom. The van der Waals surface area contributed by atoms with Gasteiger partial charge in [-0.1, -0.05) is 0 Å². The summed E-state index contributed by atoms with van der Waals surface area (Å²) in [5.74, 6) is 3.30. The van der Waals surface area contributed by atoms with Crippen LogP contribution in [0.1, 0.15) is 6.42 Å². The number of hydrogen-bond donors (Lipinski definition) is 2. The van der Waals surface area contributed by atoms with E-state index in [4.69, 9.17) is 5.11 Å². The molecule has 1 rings (SSSR count). The van der Waals surface area contributed by atoms with Crippen LogP contribution < -0.4 is 5.32 Å². The summed E-state index contributed by atoms with van der Waals surface area (Å²) in [5.41, 5.74) is 0. The molecule has 60 valence electrons. The minimum absolute atomic E-state index is 0.343. The Balaban J connectivity index is 1.76. The van der Waals surface area contributed by atoms with Gasteiger partial charge < -0.3 is 10.4 Å². The zero-order chi connectivity index (χ0) is 7.23. The van der Waals surface area contributed by atoms with Crippen molar-refractivity contribution in [2.24, 2.45) is 5.92 Å². The van der Waals surface area contributed by atoms with Crippen LogP contribution in [0.5, 0.6) is 0 Å². The van der Waals surface area contributed by atoms with Crippen molar-refractivity contribution in [3.05, 3.63) is 0 Å². The standard InChI is InChI=1S/C7H15NOS/c9-2-1-3-10-6-7-4-8-5-7/h7-9H,1-6H2. The van der Waals surface area contributed by atoms with Gasteiger partial charge in [0.05, 0.1) is 0 Å². The quantitative estimate of drug-likeness (QED) is 0.570. The zero-order valence-corrected chi connectivity index (χ0v) is 6.99. The fraction of sp³-hybridized carbons (Fsp3) is 1.00. The van der Waals surface area contributed by atoms with E-state index >= 15 is 0 Å². The van der Waals surface area contributed by atoms with Gasteiger partial charge in [-0.05, 0) is 36.9 Å². The summed E-state index contributed by atoms with van der Waals surface area (Å²) in [6.07, 6.45) is 0.949. The molecule has 0 bridgehead atoms. The van der Waals surface area contributed by atoms with Crippen LogP contribution in [0.3, 0.4) is 0 Å². The summed E-state index contributed by atoms with van der Waals surface area (Å²) in [6, 6.07) is 0. The Hall–Kier alpha value is 0.270. The van der Waals surface area contributed by atoms with Crippen LogP contribution in [0.2, 0.25) is 0 Å². The smallest absolute Gasteiger partial charge is 0.0438 e. The van der Waals surface area contributed by atoms with Crippen LogP contribution in [-0.4, -0.2) is 36.3 Å².